The number of carbonyl (C=O) groups excluding carboxylic acids is 3. The lowest BCUT2D eigenvalue weighted by Gasteiger charge is -2.23. The molecule has 0 aliphatic heterocycles. The number of amides is 1. The number of allylic oxidation sites excluding steroid dienone is 4. The van der Waals surface area contributed by atoms with Crippen LogP contribution in [0.5, 0.6) is 0 Å². The average molecular weight is 820 g/mol. The Morgan fingerprint density at radius 2 is 0.862 bits per heavy atom. The van der Waals surface area contributed by atoms with Crippen LogP contribution in [-0.4, -0.2) is 93.5 Å². The third kappa shape index (κ3) is 40.4. The first-order valence-electron chi connectivity index (χ1n) is 24.3. The SMILES string of the molecule is CCCCCCCCC=CCCCCCCCC(=O)OCC(COC(=O)CCCCCCCC=CCCCCCCCC)NC(=O)OCCN(C)CCN(CC)CC. The van der Waals surface area contributed by atoms with E-state index in [-0.39, 0.29) is 31.8 Å². The molecule has 0 aromatic rings. The number of rotatable bonds is 43. The highest BCUT2D eigenvalue weighted by Gasteiger charge is 2.18. The molecule has 1 amide bonds. The van der Waals surface area contributed by atoms with Crippen molar-refractivity contribution in [1.29, 1.82) is 0 Å². The molecule has 9 nitrogen and oxygen atoms in total. The Bertz CT molecular complexity index is 929. The van der Waals surface area contributed by atoms with Gasteiger partial charge in [-0.05, 0) is 84.3 Å². The number of nitrogens with one attached hydrogen (secondary N) is 1. The van der Waals surface area contributed by atoms with Gasteiger partial charge in [0.2, 0.25) is 0 Å². The molecule has 0 aromatic carbocycles. The fraction of sp³-hybridized carbons (Fsp3) is 0.857. The minimum atomic E-state index is -0.677. The average Bonchev–Trinajstić information content (AvgIpc) is 3.22. The molecule has 340 valence electrons. The molecule has 0 saturated heterocycles. The van der Waals surface area contributed by atoms with Gasteiger partial charge in [-0.1, -0.05) is 155 Å². The Balaban J connectivity index is 4.43. The number of alkyl carbamates (subject to hydrolysis) is 1. The van der Waals surface area contributed by atoms with Crippen LogP contribution in [0, 0.1) is 0 Å². The lowest BCUT2D eigenvalue weighted by Crippen LogP contribution is -2.43. The molecule has 58 heavy (non-hydrogen) atoms. The normalized spacial score (nSPS) is 12.3. The molecule has 0 bridgehead atoms. The predicted octanol–water partition coefficient (Wildman–Crippen LogP) is 12.5. The summed E-state index contributed by atoms with van der Waals surface area (Å²) < 4.78 is 16.5. The summed E-state index contributed by atoms with van der Waals surface area (Å²) in [5, 5.41) is 2.76. The highest BCUT2D eigenvalue weighted by molar-refractivity contribution is 5.70. The van der Waals surface area contributed by atoms with E-state index in [0.717, 1.165) is 77.5 Å². The van der Waals surface area contributed by atoms with Crippen molar-refractivity contribution in [2.45, 2.75) is 214 Å². The Morgan fingerprint density at radius 3 is 1.26 bits per heavy atom. The van der Waals surface area contributed by atoms with Crippen LogP contribution in [0.4, 0.5) is 4.79 Å². The van der Waals surface area contributed by atoms with E-state index in [1.54, 1.807) is 0 Å². The summed E-state index contributed by atoms with van der Waals surface area (Å²) in [6.07, 6.45) is 40.6. The second kappa shape index (κ2) is 44.2. The highest BCUT2D eigenvalue weighted by atomic mass is 16.6. The molecule has 0 atom stereocenters. The summed E-state index contributed by atoms with van der Waals surface area (Å²) in [5.74, 6) is -0.598. The van der Waals surface area contributed by atoms with Gasteiger partial charge in [0, 0.05) is 32.5 Å². The highest BCUT2D eigenvalue weighted by Crippen LogP contribution is 2.12. The predicted molar refractivity (Wildman–Crippen MR) is 244 cm³/mol. The quantitative estimate of drug-likeness (QED) is 0.0281. The molecule has 0 rings (SSSR count). The first-order valence-corrected chi connectivity index (χ1v) is 24.3. The molecule has 0 aromatic heterocycles. The largest absolute Gasteiger partial charge is 0.463 e. The van der Waals surface area contributed by atoms with Crippen LogP contribution in [0.15, 0.2) is 24.3 Å². The molecule has 0 heterocycles. The number of esters is 2. The van der Waals surface area contributed by atoms with Crippen LogP contribution >= 0.6 is 0 Å². The molecular weight excluding hydrogens is 727 g/mol. The number of ether oxygens (including phenoxy) is 3. The number of carbonyl (C=O) groups is 3. The first kappa shape index (κ1) is 55.6. The van der Waals surface area contributed by atoms with Gasteiger partial charge in [-0.2, -0.15) is 0 Å². The maximum atomic E-state index is 12.7. The van der Waals surface area contributed by atoms with Gasteiger partial charge >= 0.3 is 18.0 Å². The van der Waals surface area contributed by atoms with E-state index in [1.165, 1.54) is 116 Å². The van der Waals surface area contributed by atoms with E-state index < -0.39 is 12.1 Å². The summed E-state index contributed by atoms with van der Waals surface area (Å²) in [6, 6.07) is -0.677. The van der Waals surface area contributed by atoms with E-state index in [4.69, 9.17) is 14.2 Å². The summed E-state index contributed by atoms with van der Waals surface area (Å²) >= 11 is 0. The number of likely N-dealkylation sites (N-methyl/N-ethyl adjacent to an activating group) is 2. The maximum Gasteiger partial charge on any atom is 0.407 e. The minimum Gasteiger partial charge on any atom is -0.463 e. The zero-order valence-corrected chi connectivity index (χ0v) is 38.7. The fourth-order valence-corrected chi connectivity index (χ4v) is 6.81. The summed E-state index contributed by atoms with van der Waals surface area (Å²) in [7, 11) is 2.01. The van der Waals surface area contributed by atoms with E-state index >= 15 is 0 Å². The Kier molecular flexibility index (Phi) is 42.3. The topological polar surface area (TPSA) is 97.4 Å². The third-order valence-corrected chi connectivity index (χ3v) is 10.9. The molecule has 9 heteroatoms. The third-order valence-electron chi connectivity index (χ3n) is 10.9. The molecule has 0 saturated carbocycles. The monoisotopic (exact) mass is 820 g/mol. The van der Waals surface area contributed by atoms with Crippen LogP contribution < -0.4 is 5.32 Å². The summed E-state index contributed by atoms with van der Waals surface area (Å²) in [5.41, 5.74) is 0. The van der Waals surface area contributed by atoms with Gasteiger partial charge in [-0.3, -0.25) is 9.59 Å². The molecule has 1 N–H and O–H groups in total. The molecule has 0 aliphatic rings. The Hall–Kier alpha value is -2.39. The van der Waals surface area contributed by atoms with E-state index in [9.17, 15) is 14.4 Å². The second-order valence-electron chi connectivity index (χ2n) is 16.3. The van der Waals surface area contributed by atoms with Crippen molar-refractivity contribution in [2.75, 3.05) is 59.6 Å². The Labute approximate surface area is 358 Å². The van der Waals surface area contributed by atoms with Crippen molar-refractivity contribution < 1.29 is 28.6 Å². The van der Waals surface area contributed by atoms with Crippen LogP contribution in [-0.2, 0) is 23.8 Å². The number of hydrogen-bond donors (Lipinski definition) is 1. The van der Waals surface area contributed by atoms with Crippen molar-refractivity contribution in [3.8, 4) is 0 Å². The lowest BCUT2D eigenvalue weighted by molar-refractivity contribution is -0.147. The molecule has 0 aliphatic carbocycles. The van der Waals surface area contributed by atoms with Gasteiger partial charge in [-0.25, -0.2) is 4.79 Å². The van der Waals surface area contributed by atoms with Gasteiger partial charge in [0.1, 0.15) is 25.9 Å². The van der Waals surface area contributed by atoms with Crippen LogP contribution in [0.25, 0.3) is 0 Å². The maximum absolute atomic E-state index is 12.7. The van der Waals surface area contributed by atoms with Gasteiger partial charge in [0.25, 0.3) is 0 Å². The van der Waals surface area contributed by atoms with Crippen LogP contribution in [0.3, 0.4) is 0 Å². The minimum absolute atomic E-state index is 0.0660. The fourth-order valence-electron chi connectivity index (χ4n) is 6.81. The molecule has 0 spiro atoms. The van der Waals surface area contributed by atoms with E-state index in [2.05, 4.69) is 67.1 Å². The number of nitrogens with zero attached hydrogens (tertiary/aromatic N) is 2. The standard InChI is InChI=1S/C49H93N3O6/c1-6-10-12-14-16-18-20-22-24-26-28-30-32-34-36-38-47(53)57-44-46(50-49(55)56-43-42-51(5)40-41-52(8-3)9-4)45-58-48(54)39-37-35-33-31-29-27-25-23-21-19-17-15-13-11-7-2/h22-25,46H,6-21,26-45H2,1-5H3,(H,50,55). The summed E-state index contributed by atoms with van der Waals surface area (Å²) in [6.45, 7) is 13.4. The molecule has 0 fully saturated rings. The molecule has 0 radical (unpaired) electrons. The van der Waals surface area contributed by atoms with Crippen LogP contribution in [0.1, 0.15) is 207 Å². The zero-order chi connectivity index (χ0) is 42.6. The second-order valence-corrected chi connectivity index (χ2v) is 16.3. The van der Waals surface area contributed by atoms with Crippen molar-refractivity contribution >= 4 is 18.0 Å². The van der Waals surface area contributed by atoms with Crippen molar-refractivity contribution in [3.05, 3.63) is 24.3 Å². The van der Waals surface area contributed by atoms with Gasteiger partial charge in [-0.15, -0.1) is 0 Å². The van der Waals surface area contributed by atoms with Crippen LogP contribution in [0.2, 0.25) is 0 Å². The molecular formula is C49H93N3O6. The smallest absolute Gasteiger partial charge is 0.407 e. The van der Waals surface area contributed by atoms with Crippen molar-refractivity contribution in [1.82, 2.24) is 15.1 Å². The van der Waals surface area contributed by atoms with Gasteiger partial charge in [0.15, 0.2) is 0 Å². The zero-order valence-electron chi connectivity index (χ0n) is 38.7. The van der Waals surface area contributed by atoms with Gasteiger partial charge in [0.05, 0.1) is 0 Å². The van der Waals surface area contributed by atoms with E-state index in [1.807, 2.05) is 7.05 Å². The number of hydrogen-bond acceptors (Lipinski definition) is 8. The number of unbranched alkanes of at least 4 members (excludes halogenated alkanes) is 22. The van der Waals surface area contributed by atoms with Crippen molar-refractivity contribution in [3.63, 3.8) is 0 Å². The molecule has 0 unspecified atom stereocenters. The Morgan fingerprint density at radius 1 is 0.483 bits per heavy atom. The van der Waals surface area contributed by atoms with Gasteiger partial charge < -0.3 is 29.3 Å². The van der Waals surface area contributed by atoms with E-state index in [0.29, 0.717) is 19.4 Å². The lowest BCUT2D eigenvalue weighted by atomic mass is 10.1. The van der Waals surface area contributed by atoms with Crippen molar-refractivity contribution in [2.24, 2.45) is 0 Å². The first-order chi connectivity index (χ1) is 28.4. The summed E-state index contributed by atoms with van der Waals surface area (Å²) in [4.78, 5) is 42.3.